The number of thioether (sulfide) groups is 1. The number of carbonyl (C=O) groups is 1. The number of hydrogen-bond acceptors (Lipinski definition) is 7. The third-order valence-corrected chi connectivity index (χ3v) is 5.96. The molecule has 2 atom stereocenters. The molecular weight excluding hydrogens is 402 g/mol. The average molecular weight is 426 g/mol. The Bertz CT molecular complexity index is 1040. The lowest BCUT2D eigenvalue weighted by molar-refractivity contribution is -0.116. The molecule has 1 amide bonds. The first-order valence-electron chi connectivity index (χ1n) is 9.62. The molecule has 0 bridgehead atoms. The zero-order chi connectivity index (χ0) is 21.1. The van der Waals surface area contributed by atoms with Gasteiger partial charge in [-0.2, -0.15) is 0 Å². The second-order valence-electron chi connectivity index (χ2n) is 6.73. The quantitative estimate of drug-likeness (QED) is 0.626. The van der Waals surface area contributed by atoms with Crippen molar-refractivity contribution in [2.75, 3.05) is 24.5 Å². The first-order valence-corrected chi connectivity index (χ1v) is 10.5. The van der Waals surface area contributed by atoms with Crippen LogP contribution in [0, 0.1) is 6.92 Å². The maximum atomic E-state index is 13.2. The van der Waals surface area contributed by atoms with Gasteiger partial charge in [0.15, 0.2) is 0 Å². The number of amides is 1. The SMILES string of the molecule is CCOc1ccc([C@H]2Nn3c(C)nnc3S[C@@H]2C(=O)Nc2cccc(OC)c2)cc1. The molecule has 0 aliphatic carbocycles. The van der Waals surface area contributed by atoms with Crippen LogP contribution in [0.4, 0.5) is 5.69 Å². The summed E-state index contributed by atoms with van der Waals surface area (Å²) in [6.45, 7) is 4.42. The second-order valence-corrected chi connectivity index (χ2v) is 7.84. The highest BCUT2D eigenvalue weighted by atomic mass is 32.2. The van der Waals surface area contributed by atoms with Gasteiger partial charge in [-0.1, -0.05) is 30.0 Å². The number of nitrogens with zero attached hydrogens (tertiary/aromatic N) is 3. The molecule has 1 aliphatic heterocycles. The molecule has 0 saturated carbocycles. The van der Waals surface area contributed by atoms with Crippen LogP contribution in [0.3, 0.4) is 0 Å². The van der Waals surface area contributed by atoms with Crippen LogP contribution in [0.1, 0.15) is 24.4 Å². The largest absolute Gasteiger partial charge is 0.497 e. The molecule has 0 spiro atoms. The third kappa shape index (κ3) is 4.06. The zero-order valence-electron chi connectivity index (χ0n) is 17.0. The van der Waals surface area contributed by atoms with Crippen LogP contribution >= 0.6 is 11.8 Å². The van der Waals surface area contributed by atoms with Gasteiger partial charge in [0, 0.05) is 11.8 Å². The average Bonchev–Trinajstić information content (AvgIpc) is 3.13. The molecule has 2 aromatic carbocycles. The monoisotopic (exact) mass is 425 g/mol. The molecule has 156 valence electrons. The van der Waals surface area contributed by atoms with E-state index in [0.717, 1.165) is 17.1 Å². The minimum Gasteiger partial charge on any atom is -0.497 e. The number of aromatic nitrogens is 3. The minimum atomic E-state index is -0.453. The number of carbonyl (C=O) groups excluding carboxylic acids is 1. The van der Waals surface area contributed by atoms with Crippen LogP contribution < -0.4 is 20.2 Å². The van der Waals surface area contributed by atoms with Crippen LogP contribution in [0.25, 0.3) is 0 Å². The van der Waals surface area contributed by atoms with Crippen molar-refractivity contribution in [3.8, 4) is 11.5 Å². The van der Waals surface area contributed by atoms with E-state index in [4.69, 9.17) is 9.47 Å². The molecule has 1 aliphatic rings. The first kappa shape index (κ1) is 20.1. The van der Waals surface area contributed by atoms with Crippen LogP contribution in [-0.4, -0.2) is 39.7 Å². The number of ether oxygens (including phenoxy) is 2. The van der Waals surface area contributed by atoms with Crippen molar-refractivity contribution in [2.45, 2.75) is 30.3 Å². The van der Waals surface area contributed by atoms with Crippen molar-refractivity contribution in [1.29, 1.82) is 0 Å². The predicted molar refractivity (Wildman–Crippen MR) is 116 cm³/mol. The number of aryl methyl sites for hydroxylation is 1. The summed E-state index contributed by atoms with van der Waals surface area (Å²) in [5.41, 5.74) is 5.04. The van der Waals surface area contributed by atoms with Gasteiger partial charge in [-0.15, -0.1) is 10.2 Å². The number of benzene rings is 2. The van der Waals surface area contributed by atoms with Crippen molar-refractivity contribution < 1.29 is 14.3 Å². The Kier molecular flexibility index (Phi) is 5.80. The molecule has 8 nitrogen and oxygen atoms in total. The molecule has 4 rings (SSSR count). The molecule has 9 heteroatoms. The van der Waals surface area contributed by atoms with E-state index in [2.05, 4.69) is 20.9 Å². The lowest BCUT2D eigenvalue weighted by atomic mass is 10.0. The summed E-state index contributed by atoms with van der Waals surface area (Å²) in [6.07, 6.45) is 0. The molecule has 1 aromatic heterocycles. The third-order valence-electron chi connectivity index (χ3n) is 4.74. The summed E-state index contributed by atoms with van der Waals surface area (Å²) < 4.78 is 12.6. The summed E-state index contributed by atoms with van der Waals surface area (Å²) in [4.78, 5) is 13.2. The summed E-state index contributed by atoms with van der Waals surface area (Å²) in [5, 5.41) is 11.5. The van der Waals surface area contributed by atoms with E-state index >= 15 is 0 Å². The maximum absolute atomic E-state index is 13.2. The van der Waals surface area contributed by atoms with E-state index in [1.165, 1.54) is 11.8 Å². The Balaban J connectivity index is 1.62. The van der Waals surface area contributed by atoms with E-state index in [9.17, 15) is 4.79 Å². The highest BCUT2D eigenvalue weighted by molar-refractivity contribution is 8.00. The van der Waals surface area contributed by atoms with Gasteiger partial charge in [-0.05, 0) is 43.7 Å². The molecule has 2 N–H and O–H groups in total. The van der Waals surface area contributed by atoms with Gasteiger partial charge in [0.05, 0.1) is 19.8 Å². The highest BCUT2D eigenvalue weighted by Crippen LogP contribution is 2.38. The van der Waals surface area contributed by atoms with Crippen molar-refractivity contribution in [3.63, 3.8) is 0 Å². The van der Waals surface area contributed by atoms with Crippen LogP contribution in [-0.2, 0) is 4.79 Å². The molecule has 2 heterocycles. The Morgan fingerprint density at radius 3 is 2.73 bits per heavy atom. The number of rotatable bonds is 6. The Labute approximate surface area is 179 Å². The fourth-order valence-corrected chi connectivity index (χ4v) is 4.39. The molecule has 3 aromatic rings. The lowest BCUT2D eigenvalue weighted by Crippen LogP contribution is -2.41. The Morgan fingerprint density at radius 1 is 1.20 bits per heavy atom. The van der Waals surface area contributed by atoms with Gasteiger partial charge < -0.3 is 20.2 Å². The summed E-state index contributed by atoms with van der Waals surface area (Å²) in [6, 6.07) is 14.8. The first-order chi connectivity index (χ1) is 14.6. The Hall–Kier alpha value is -3.20. The van der Waals surface area contributed by atoms with E-state index in [1.807, 2.05) is 61.0 Å². The summed E-state index contributed by atoms with van der Waals surface area (Å²) in [5.74, 6) is 2.08. The fraction of sp³-hybridized carbons (Fsp3) is 0.286. The van der Waals surface area contributed by atoms with Crippen LogP contribution in [0.2, 0.25) is 0 Å². The molecular formula is C21H23N5O3S. The van der Waals surface area contributed by atoms with Crippen LogP contribution in [0.5, 0.6) is 11.5 Å². The number of nitrogens with one attached hydrogen (secondary N) is 2. The molecule has 30 heavy (non-hydrogen) atoms. The van der Waals surface area contributed by atoms with Gasteiger partial charge in [-0.25, -0.2) is 4.68 Å². The molecule has 0 radical (unpaired) electrons. The number of methoxy groups -OCH3 is 1. The second kappa shape index (κ2) is 8.66. The molecule has 0 fully saturated rings. The highest BCUT2D eigenvalue weighted by Gasteiger charge is 2.37. The lowest BCUT2D eigenvalue weighted by Gasteiger charge is -2.32. The van der Waals surface area contributed by atoms with Crippen LogP contribution in [0.15, 0.2) is 53.7 Å². The van der Waals surface area contributed by atoms with Crippen molar-refractivity contribution >= 4 is 23.4 Å². The van der Waals surface area contributed by atoms with E-state index in [0.29, 0.717) is 23.2 Å². The van der Waals surface area contributed by atoms with Crippen molar-refractivity contribution in [1.82, 2.24) is 14.9 Å². The summed E-state index contributed by atoms with van der Waals surface area (Å²) in [7, 11) is 1.60. The smallest absolute Gasteiger partial charge is 0.240 e. The van der Waals surface area contributed by atoms with Gasteiger partial charge in [0.25, 0.3) is 0 Å². The topological polar surface area (TPSA) is 90.3 Å². The van der Waals surface area contributed by atoms with Gasteiger partial charge in [0.2, 0.25) is 11.1 Å². The summed E-state index contributed by atoms with van der Waals surface area (Å²) >= 11 is 1.38. The molecule has 0 saturated heterocycles. The van der Waals surface area contributed by atoms with Crippen molar-refractivity contribution in [3.05, 3.63) is 59.9 Å². The van der Waals surface area contributed by atoms with Gasteiger partial charge in [-0.3, -0.25) is 4.79 Å². The molecule has 0 unspecified atom stereocenters. The number of fused-ring (bicyclic) bond motifs is 1. The zero-order valence-corrected chi connectivity index (χ0v) is 17.8. The van der Waals surface area contributed by atoms with Gasteiger partial charge >= 0.3 is 0 Å². The standard InChI is InChI=1S/C21H23N5O3S/c1-4-29-16-10-8-14(9-11-16)18-19(30-21-24-23-13(2)26(21)25-18)20(27)22-15-6-5-7-17(12-15)28-3/h5-12,18-19,25H,4H2,1-3H3,(H,22,27)/t18-,19+/m1/s1. The van der Waals surface area contributed by atoms with E-state index in [-0.39, 0.29) is 11.9 Å². The number of anilines is 1. The predicted octanol–water partition coefficient (Wildman–Crippen LogP) is 3.39. The Morgan fingerprint density at radius 2 is 2.00 bits per heavy atom. The fourth-order valence-electron chi connectivity index (χ4n) is 3.26. The van der Waals surface area contributed by atoms with Crippen molar-refractivity contribution in [2.24, 2.45) is 0 Å². The van der Waals surface area contributed by atoms with E-state index < -0.39 is 5.25 Å². The minimum absolute atomic E-state index is 0.133. The normalized spacial score (nSPS) is 17.6. The van der Waals surface area contributed by atoms with Gasteiger partial charge in [0.1, 0.15) is 22.6 Å². The van der Waals surface area contributed by atoms with E-state index in [1.54, 1.807) is 13.2 Å². The maximum Gasteiger partial charge on any atom is 0.240 e. The number of hydrogen-bond donors (Lipinski definition) is 2.